The van der Waals surface area contributed by atoms with Gasteiger partial charge < -0.3 is 10.5 Å². The highest BCUT2D eigenvalue weighted by atomic mass is 35.5. The maximum atomic E-state index is 13.7. The predicted octanol–water partition coefficient (Wildman–Crippen LogP) is 4.29. The number of alkyl halides is 3. The molecule has 0 bridgehead atoms. The quantitative estimate of drug-likeness (QED) is 0.676. The van der Waals surface area contributed by atoms with E-state index in [2.05, 4.69) is 4.74 Å². The van der Waals surface area contributed by atoms with E-state index >= 15 is 0 Å². The van der Waals surface area contributed by atoms with Crippen molar-refractivity contribution in [3.63, 3.8) is 0 Å². The van der Waals surface area contributed by atoms with Crippen LogP contribution in [0.2, 0.25) is 0 Å². The van der Waals surface area contributed by atoms with Crippen LogP contribution in [0.15, 0.2) is 24.3 Å². The molecule has 0 aliphatic rings. The van der Waals surface area contributed by atoms with Crippen LogP contribution in [-0.4, -0.2) is 5.57 Å². The van der Waals surface area contributed by atoms with E-state index in [0.717, 1.165) is 6.07 Å². The molecule has 0 aliphatic heterocycles. The van der Waals surface area contributed by atoms with Crippen LogP contribution in [0.1, 0.15) is 12.5 Å². The molecule has 0 fully saturated rings. The van der Waals surface area contributed by atoms with E-state index in [9.17, 15) is 13.2 Å². The number of ether oxygens (including phenoxy) is 1. The molecule has 0 radical (unpaired) electrons. The van der Waals surface area contributed by atoms with Crippen LogP contribution >= 0.6 is 11.6 Å². The van der Waals surface area contributed by atoms with Crippen LogP contribution < -0.4 is 10.5 Å². The maximum Gasteiger partial charge on any atom is 0.487 e. The van der Waals surface area contributed by atoms with Crippen molar-refractivity contribution in [3.05, 3.63) is 35.6 Å². The molecule has 2 nitrogen and oxygen atoms in total. The molecule has 2 rings (SSSR count). The Morgan fingerprint density at radius 3 is 2.58 bits per heavy atom. The molecule has 102 valence electrons. The van der Waals surface area contributed by atoms with Gasteiger partial charge in [0.05, 0.1) is 0 Å². The Hall–Kier alpha value is -1.62. The van der Waals surface area contributed by atoms with Gasteiger partial charge in [0.2, 0.25) is 0 Å². The van der Waals surface area contributed by atoms with Crippen molar-refractivity contribution >= 4 is 28.1 Å². The summed E-state index contributed by atoms with van der Waals surface area (Å²) in [5, 5.41) is 0.784. The largest absolute Gasteiger partial charge is 0.487 e. The van der Waals surface area contributed by atoms with Crippen LogP contribution in [0.3, 0.4) is 0 Å². The van der Waals surface area contributed by atoms with E-state index in [4.69, 9.17) is 17.3 Å². The average molecular weight is 290 g/mol. The highest BCUT2D eigenvalue weighted by Gasteiger charge is 2.30. The molecule has 2 N–H and O–H groups in total. The van der Waals surface area contributed by atoms with Crippen molar-refractivity contribution in [3.8, 4) is 5.75 Å². The number of benzene rings is 2. The summed E-state index contributed by atoms with van der Waals surface area (Å²) in [6.07, 6.45) is 0.495. The van der Waals surface area contributed by atoms with Gasteiger partial charge in [0.1, 0.15) is 0 Å². The molecule has 0 aromatic heterocycles. The molecule has 2 aromatic rings. The van der Waals surface area contributed by atoms with Gasteiger partial charge in [-0.05, 0) is 35.6 Å². The van der Waals surface area contributed by atoms with Gasteiger partial charge in [-0.15, -0.1) is 8.78 Å². The highest BCUT2D eigenvalue weighted by Crippen LogP contribution is 2.37. The summed E-state index contributed by atoms with van der Waals surface area (Å²) in [6.45, 7) is 1.81. The molecule has 0 saturated heterocycles. The van der Waals surface area contributed by atoms with Crippen molar-refractivity contribution in [1.82, 2.24) is 0 Å². The zero-order valence-electron chi connectivity index (χ0n) is 10.0. The second-order valence-electron chi connectivity index (χ2n) is 4.06. The number of aryl methyl sites for hydroxylation is 1. The summed E-state index contributed by atoms with van der Waals surface area (Å²) < 4.78 is 43.5. The summed E-state index contributed by atoms with van der Waals surface area (Å²) in [5.41, 5.74) is 2.82. The zero-order valence-corrected chi connectivity index (χ0v) is 10.8. The van der Waals surface area contributed by atoms with Crippen LogP contribution in [0, 0.1) is 5.82 Å². The van der Waals surface area contributed by atoms with Gasteiger partial charge in [0.15, 0.2) is 11.6 Å². The first kappa shape index (κ1) is 13.8. The molecule has 0 heterocycles. The van der Waals surface area contributed by atoms with Gasteiger partial charge in [-0.25, -0.2) is 4.39 Å². The van der Waals surface area contributed by atoms with Crippen molar-refractivity contribution < 1.29 is 17.9 Å². The van der Waals surface area contributed by atoms with E-state index in [-0.39, 0.29) is 5.39 Å². The lowest BCUT2D eigenvalue weighted by Crippen LogP contribution is -2.17. The lowest BCUT2D eigenvalue weighted by atomic mass is 10.0. The van der Waals surface area contributed by atoms with Crippen LogP contribution in [-0.2, 0) is 6.42 Å². The van der Waals surface area contributed by atoms with E-state index in [1.54, 1.807) is 12.1 Å². The Kier molecular flexibility index (Phi) is 3.49. The first-order chi connectivity index (χ1) is 8.81. The third kappa shape index (κ3) is 2.87. The predicted molar refractivity (Wildman–Crippen MR) is 69.1 cm³/mol. The number of hydrogen-bond donors (Lipinski definition) is 1. The fraction of sp³-hybridized carbons (Fsp3) is 0.231. The number of halogens is 4. The summed E-state index contributed by atoms with van der Waals surface area (Å²) in [4.78, 5) is 0. The maximum absolute atomic E-state index is 13.7. The monoisotopic (exact) mass is 289 g/mol. The Morgan fingerprint density at radius 1 is 1.32 bits per heavy atom. The molecule has 19 heavy (non-hydrogen) atoms. The SMILES string of the molecule is CCc1cc(N)cc2ccc(F)c(OC(F)(F)Cl)c12. The Morgan fingerprint density at radius 2 is 2.00 bits per heavy atom. The lowest BCUT2D eigenvalue weighted by Gasteiger charge is -2.16. The lowest BCUT2D eigenvalue weighted by molar-refractivity contribution is -0.0974. The molecule has 0 amide bonds. The van der Waals surface area contributed by atoms with E-state index in [1.165, 1.54) is 6.07 Å². The number of nitrogens with two attached hydrogens (primary N) is 1. The summed E-state index contributed by atoms with van der Waals surface area (Å²) in [6, 6.07) is 5.66. The normalized spacial score (nSPS) is 11.8. The molecular formula is C13H11ClF3NO. The molecule has 2 aromatic carbocycles. The number of nitrogen functional groups attached to an aromatic ring is 1. The van der Waals surface area contributed by atoms with Gasteiger partial charge in [-0.1, -0.05) is 13.0 Å². The number of rotatable bonds is 3. The molecule has 0 aliphatic carbocycles. The molecule has 0 atom stereocenters. The van der Waals surface area contributed by atoms with Gasteiger partial charge in [-0.2, -0.15) is 0 Å². The minimum atomic E-state index is -3.97. The van der Waals surface area contributed by atoms with Crippen LogP contribution in [0.4, 0.5) is 18.9 Å². The Balaban J connectivity index is 2.77. The van der Waals surface area contributed by atoms with E-state index in [1.807, 2.05) is 6.92 Å². The fourth-order valence-electron chi connectivity index (χ4n) is 2.01. The van der Waals surface area contributed by atoms with Crippen molar-refractivity contribution in [2.45, 2.75) is 18.9 Å². The third-order valence-electron chi connectivity index (χ3n) is 2.72. The first-order valence-corrected chi connectivity index (χ1v) is 5.96. The minimum absolute atomic E-state index is 0.261. The van der Waals surface area contributed by atoms with Gasteiger partial charge >= 0.3 is 5.57 Å². The van der Waals surface area contributed by atoms with Gasteiger partial charge in [-0.3, -0.25) is 0 Å². The second kappa shape index (κ2) is 4.81. The zero-order chi connectivity index (χ0) is 14.2. The summed E-state index contributed by atoms with van der Waals surface area (Å²) >= 11 is 4.72. The minimum Gasteiger partial charge on any atom is -0.416 e. The number of fused-ring (bicyclic) bond motifs is 1. The highest BCUT2D eigenvalue weighted by molar-refractivity contribution is 6.21. The van der Waals surface area contributed by atoms with Gasteiger partial charge in [0, 0.05) is 22.7 Å². The van der Waals surface area contributed by atoms with Crippen molar-refractivity contribution in [1.29, 1.82) is 0 Å². The van der Waals surface area contributed by atoms with Gasteiger partial charge in [0.25, 0.3) is 0 Å². The molecule has 0 spiro atoms. The second-order valence-corrected chi connectivity index (χ2v) is 4.50. The first-order valence-electron chi connectivity index (χ1n) is 5.58. The fourth-order valence-corrected chi connectivity index (χ4v) is 2.09. The topological polar surface area (TPSA) is 35.2 Å². The van der Waals surface area contributed by atoms with Crippen LogP contribution in [0.5, 0.6) is 5.75 Å². The molecule has 0 unspecified atom stereocenters. The summed E-state index contributed by atoms with van der Waals surface area (Å²) in [7, 11) is 0. The Bertz CT molecular complexity index is 625. The van der Waals surface area contributed by atoms with Crippen molar-refractivity contribution in [2.75, 3.05) is 5.73 Å². The molecular weight excluding hydrogens is 279 g/mol. The number of hydrogen-bond acceptors (Lipinski definition) is 2. The summed E-state index contributed by atoms with van der Waals surface area (Å²) in [5.74, 6) is -1.46. The number of anilines is 1. The molecule has 6 heteroatoms. The molecule has 0 saturated carbocycles. The standard InChI is InChI=1S/C13H11ClF3NO/c1-2-7-5-9(18)6-8-3-4-10(15)12(11(7)8)19-13(14,16)17/h3-6H,2,18H2,1H3. The Labute approximate surface area is 112 Å². The van der Waals surface area contributed by atoms with Crippen LogP contribution in [0.25, 0.3) is 10.8 Å². The van der Waals surface area contributed by atoms with E-state index < -0.39 is 17.1 Å². The third-order valence-corrected chi connectivity index (χ3v) is 2.80. The average Bonchev–Trinajstić information content (AvgIpc) is 2.30. The van der Waals surface area contributed by atoms with E-state index in [0.29, 0.717) is 23.1 Å². The smallest absolute Gasteiger partial charge is 0.416 e. The van der Waals surface area contributed by atoms with Crippen molar-refractivity contribution in [2.24, 2.45) is 0 Å².